The van der Waals surface area contributed by atoms with Crippen molar-refractivity contribution in [2.24, 2.45) is 0 Å². The SMILES string of the molecule is Cc1nc(-c2ccn3c(C(=O)Nc4cc(C(F)(F)F)ccc4F)cnc3c2)c2c(N)ncc(C=C3CNC3)n12. The largest absolute Gasteiger partial charge is 0.416 e. The first-order valence-electron chi connectivity index (χ1n) is 11.8. The van der Waals surface area contributed by atoms with Gasteiger partial charge >= 0.3 is 6.18 Å². The molecule has 5 heterocycles. The maximum atomic E-state index is 14.2. The zero-order chi connectivity index (χ0) is 27.5. The van der Waals surface area contributed by atoms with Gasteiger partial charge in [-0.05, 0) is 48.9 Å². The average Bonchev–Trinajstić information content (AvgIpc) is 3.45. The van der Waals surface area contributed by atoms with Crippen LogP contribution in [0, 0.1) is 12.7 Å². The van der Waals surface area contributed by atoms with Crippen LogP contribution in [0.15, 0.2) is 54.5 Å². The topological polar surface area (TPSA) is 115 Å². The van der Waals surface area contributed by atoms with Crippen LogP contribution >= 0.6 is 0 Å². The van der Waals surface area contributed by atoms with Gasteiger partial charge in [0, 0.05) is 24.8 Å². The first-order chi connectivity index (χ1) is 18.6. The van der Waals surface area contributed by atoms with Crippen molar-refractivity contribution in [1.29, 1.82) is 0 Å². The smallest absolute Gasteiger partial charge is 0.382 e. The molecule has 0 radical (unpaired) electrons. The Bertz CT molecular complexity index is 1810. The Morgan fingerprint density at radius 3 is 2.67 bits per heavy atom. The number of amides is 1. The van der Waals surface area contributed by atoms with Crippen molar-refractivity contribution in [3.05, 3.63) is 83.1 Å². The molecule has 39 heavy (non-hydrogen) atoms. The number of carbonyl (C=O) groups is 1. The van der Waals surface area contributed by atoms with Crippen LogP contribution in [0.1, 0.15) is 27.6 Å². The van der Waals surface area contributed by atoms with Crippen LogP contribution < -0.4 is 16.4 Å². The number of anilines is 2. The molecule has 6 rings (SSSR count). The number of nitrogen functional groups attached to an aromatic ring is 1. The lowest BCUT2D eigenvalue weighted by molar-refractivity contribution is -0.137. The molecular formula is C26H20F4N8O. The Hall–Kier alpha value is -4.78. The van der Waals surface area contributed by atoms with Crippen molar-refractivity contribution in [3.8, 4) is 11.3 Å². The normalized spacial score (nSPS) is 13.6. The van der Waals surface area contributed by atoms with Crippen LogP contribution in [0.5, 0.6) is 0 Å². The zero-order valence-corrected chi connectivity index (χ0v) is 20.3. The fraction of sp³-hybridized carbons (Fsp3) is 0.154. The van der Waals surface area contributed by atoms with Crippen molar-refractivity contribution in [3.63, 3.8) is 0 Å². The summed E-state index contributed by atoms with van der Waals surface area (Å²) in [6, 6.07) is 5.21. The maximum Gasteiger partial charge on any atom is 0.416 e. The van der Waals surface area contributed by atoms with Crippen LogP contribution in [0.25, 0.3) is 28.5 Å². The Labute approximate surface area is 218 Å². The highest BCUT2D eigenvalue weighted by Gasteiger charge is 2.31. The summed E-state index contributed by atoms with van der Waals surface area (Å²) < 4.78 is 56.7. The van der Waals surface area contributed by atoms with Gasteiger partial charge in [-0.15, -0.1) is 0 Å². The molecule has 1 aliphatic rings. The second-order valence-corrected chi connectivity index (χ2v) is 9.10. The van der Waals surface area contributed by atoms with E-state index in [1.54, 1.807) is 24.5 Å². The fourth-order valence-corrected chi connectivity index (χ4v) is 4.50. The number of alkyl halides is 3. The molecule has 13 heteroatoms. The second kappa shape index (κ2) is 8.91. The lowest BCUT2D eigenvalue weighted by atomic mass is 10.1. The van der Waals surface area contributed by atoms with Crippen LogP contribution in [0.2, 0.25) is 0 Å². The van der Waals surface area contributed by atoms with E-state index >= 15 is 0 Å². The van der Waals surface area contributed by atoms with Crippen molar-refractivity contribution < 1.29 is 22.4 Å². The molecule has 0 unspecified atom stereocenters. The van der Waals surface area contributed by atoms with Gasteiger partial charge in [-0.1, -0.05) is 0 Å². The Morgan fingerprint density at radius 2 is 1.95 bits per heavy atom. The molecule has 5 aromatic rings. The molecule has 1 aliphatic heterocycles. The lowest BCUT2D eigenvalue weighted by Gasteiger charge is -2.18. The van der Waals surface area contributed by atoms with E-state index in [2.05, 4.69) is 20.6 Å². The Kier molecular flexibility index (Phi) is 5.61. The summed E-state index contributed by atoms with van der Waals surface area (Å²) in [6.07, 6.45) is 1.88. The van der Waals surface area contributed by atoms with Crippen LogP contribution in [-0.4, -0.2) is 42.8 Å². The van der Waals surface area contributed by atoms with Gasteiger partial charge in [-0.25, -0.2) is 19.3 Å². The first-order valence-corrected chi connectivity index (χ1v) is 11.8. The number of aromatic nitrogens is 5. The third kappa shape index (κ3) is 4.26. The van der Waals surface area contributed by atoms with E-state index < -0.39 is 29.2 Å². The molecule has 198 valence electrons. The number of aryl methyl sites for hydroxylation is 1. The number of hydrogen-bond donors (Lipinski definition) is 3. The van der Waals surface area contributed by atoms with Gasteiger partial charge < -0.3 is 16.4 Å². The maximum absolute atomic E-state index is 14.2. The Balaban J connectivity index is 1.36. The number of carbonyl (C=O) groups excluding carboxylic acids is 1. The quantitative estimate of drug-likeness (QED) is 0.295. The van der Waals surface area contributed by atoms with Crippen LogP contribution in [0.4, 0.5) is 29.1 Å². The summed E-state index contributed by atoms with van der Waals surface area (Å²) in [6.45, 7) is 3.47. The highest BCUT2D eigenvalue weighted by atomic mass is 19.4. The number of nitrogens with one attached hydrogen (secondary N) is 2. The number of nitrogens with zero attached hydrogens (tertiary/aromatic N) is 5. The van der Waals surface area contributed by atoms with Gasteiger partial charge in [0.15, 0.2) is 0 Å². The van der Waals surface area contributed by atoms with Gasteiger partial charge in [0.2, 0.25) is 0 Å². The molecule has 1 amide bonds. The van der Waals surface area contributed by atoms with Crippen LogP contribution in [-0.2, 0) is 6.18 Å². The van der Waals surface area contributed by atoms with E-state index in [0.717, 1.165) is 18.8 Å². The summed E-state index contributed by atoms with van der Waals surface area (Å²) in [5.74, 6) is -0.817. The minimum atomic E-state index is -4.69. The van der Waals surface area contributed by atoms with E-state index in [1.807, 2.05) is 17.4 Å². The van der Waals surface area contributed by atoms with Gasteiger partial charge in [0.25, 0.3) is 5.91 Å². The standard InChI is InChI=1S/C26H20F4N8O/c1-13-35-22(23-24(31)34-11-17(38(13)23)6-14-9-32-10-14)15-4-5-37-20(12-33-21(37)7-15)25(39)36-19-8-16(26(28,29)30)2-3-18(19)27/h2-8,11-12,32H,9-10H2,1H3,(H2,31,34)(H,36,39). The van der Waals surface area contributed by atoms with E-state index in [1.165, 1.54) is 16.2 Å². The summed E-state index contributed by atoms with van der Waals surface area (Å²) >= 11 is 0. The van der Waals surface area contributed by atoms with Crippen LogP contribution in [0.3, 0.4) is 0 Å². The van der Waals surface area contributed by atoms with Crippen molar-refractivity contribution in [2.75, 3.05) is 24.1 Å². The summed E-state index contributed by atoms with van der Waals surface area (Å²) in [5, 5.41) is 5.40. The second-order valence-electron chi connectivity index (χ2n) is 9.10. The number of benzene rings is 1. The number of nitrogens with two attached hydrogens (primary N) is 1. The first kappa shape index (κ1) is 24.6. The predicted molar refractivity (Wildman–Crippen MR) is 137 cm³/mol. The molecule has 0 bridgehead atoms. The van der Waals surface area contributed by atoms with E-state index in [9.17, 15) is 22.4 Å². The molecule has 1 saturated heterocycles. The van der Waals surface area contributed by atoms with Gasteiger partial charge in [-0.3, -0.25) is 13.6 Å². The number of rotatable bonds is 4. The molecule has 9 nitrogen and oxygen atoms in total. The number of imidazole rings is 2. The molecule has 4 aromatic heterocycles. The summed E-state index contributed by atoms with van der Waals surface area (Å²) in [7, 11) is 0. The molecular weight excluding hydrogens is 516 g/mol. The third-order valence-corrected chi connectivity index (χ3v) is 6.50. The number of pyridine rings is 1. The third-order valence-electron chi connectivity index (χ3n) is 6.50. The van der Waals surface area contributed by atoms with Gasteiger partial charge in [0.05, 0.1) is 29.3 Å². The molecule has 0 aliphatic carbocycles. The lowest BCUT2D eigenvalue weighted by Crippen LogP contribution is -2.33. The summed E-state index contributed by atoms with van der Waals surface area (Å²) in [4.78, 5) is 26.2. The minimum Gasteiger partial charge on any atom is -0.382 e. The molecule has 0 saturated carbocycles. The van der Waals surface area contributed by atoms with E-state index in [-0.39, 0.29) is 5.69 Å². The van der Waals surface area contributed by atoms with Crippen molar-refractivity contribution in [2.45, 2.75) is 13.1 Å². The van der Waals surface area contributed by atoms with Gasteiger partial charge in [-0.2, -0.15) is 13.2 Å². The summed E-state index contributed by atoms with van der Waals surface area (Å²) in [5.41, 5.74) is 8.89. The number of hydrogen-bond acceptors (Lipinski definition) is 6. The predicted octanol–water partition coefficient (Wildman–Crippen LogP) is 4.33. The number of fused-ring (bicyclic) bond motifs is 2. The molecule has 1 aromatic carbocycles. The molecule has 1 fully saturated rings. The fourth-order valence-electron chi connectivity index (χ4n) is 4.50. The highest BCUT2D eigenvalue weighted by Crippen LogP contribution is 2.33. The molecule has 0 spiro atoms. The Morgan fingerprint density at radius 1 is 1.15 bits per heavy atom. The van der Waals surface area contributed by atoms with E-state index in [4.69, 9.17) is 10.7 Å². The molecule has 4 N–H and O–H groups in total. The highest BCUT2D eigenvalue weighted by molar-refractivity contribution is 6.03. The van der Waals surface area contributed by atoms with Crippen molar-refractivity contribution in [1.82, 2.24) is 29.1 Å². The van der Waals surface area contributed by atoms with Crippen molar-refractivity contribution >= 4 is 34.7 Å². The number of halogens is 4. The van der Waals surface area contributed by atoms with E-state index in [0.29, 0.717) is 52.3 Å². The van der Waals surface area contributed by atoms with Gasteiger partial charge in [0.1, 0.15) is 40.0 Å². The monoisotopic (exact) mass is 536 g/mol. The minimum absolute atomic E-state index is 0.00319. The molecule has 0 atom stereocenters. The average molecular weight is 536 g/mol. The zero-order valence-electron chi connectivity index (χ0n) is 20.3.